The van der Waals surface area contributed by atoms with Gasteiger partial charge in [-0.1, -0.05) is 41.9 Å². The molecular formula is C19H22ClN3O2S. The van der Waals surface area contributed by atoms with E-state index in [2.05, 4.69) is 10.2 Å². The second-order valence-corrected chi connectivity index (χ2v) is 7.61. The highest BCUT2D eigenvalue weighted by atomic mass is 35.5. The molecule has 0 radical (unpaired) electrons. The molecule has 1 aliphatic rings. The van der Waals surface area contributed by atoms with Crippen LogP contribution in [0.2, 0.25) is 5.02 Å². The van der Waals surface area contributed by atoms with Crippen molar-refractivity contribution < 1.29 is 9.59 Å². The lowest BCUT2D eigenvalue weighted by atomic mass is 10.2. The summed E-state index contributed by atoms with van der Waals surface area (Å²) in [6.45, 7) is 3.69. The molecule has 1 aliphatic heterocycles. The molecule has 2 aromatic rings. The number of carbonyl (C=O) groups excluding carboxylic acids is 2. The van der Waals surface area contributed by atoms with Gasteiger partial charge in [0.25, 0.3) is 5.91 Å². The first-order valence-electron chi connectivity index (χ1n) is 8.69. The fourth-order valence-electron chi connectivity index (χ4n) is 2.98. The van der Waals surface area contributed by atoms with Crippen molar-refractivity contribution in [3.8, 4) is 0 Å². The Labute approximate surface area is 162 Å². The summed E-state index contributed by atoms with van der Waals surface area (Å²) in [5.74, 6) is -0.00434. The zero-order valence-electron chi connectivity index (χ0n) is 14.5. The molecule has 7 heteroatoms. The second kappa shape index (κ2) is 9.16. The maximum Gasteiger partial charge on any atom is 0.265 e. The minimum atomic E-state index is -0.0135. The molecule has 0 saturated carbocycles. The molecule has 2 amide bonds. The van der Waals surface area contributed by atoms with Gasteiger partial charge in [-0.15, -0.1) is 11.3 Å². The lowest BCUT2D eigenvalue weighted by Crippen LogP contribution is -2.39. The summed E-state index contributed by atoms with van der Waals surface area (Å²) in [5.41, 5.74) is 1.08. The van der Waals surface area contributed by atoms with E-state index in [1.165, 1.54) is 11.3 Å². The van der Waals surface area contributed by atoms with Crippen LogP contribution in [-0.4, -0.2) is 54.3 Å². The van der Waals surface area contributed by atoms with Crippen molar-refractivity contribution in [1.29, 1.82) is 0 Å². The van der Waals surface area contributed by atoms with Gasteiger partial charge in [-0.2, -0.15) is 0 Å². The molecule has 0 atom stereocenters. The fraction of sp³-hybridized carbons (Fsp3) is 0.368. The van der Waals surface area contributed by atoms with E-state index < -0.39 is 0 Å². The van der Waals surface area contributed by atoms with Crippen LogP contribution in [0.3, 0.4) is 0 Å². The van der Waals surface area contributed by atoms with Gasteiger partial charge in [-0.05, 0) is 23.4 Å². The van der Waals surface area contributed by atoms with E-state index in [1.54, 1.807) is 6.07 Å². The first-order chi connectivity index (χ1) is 12.6. The van der Waals surface area contributed by atoms with E-state index in [9.17, 15) is 9.59 Å². The fourth-order valence-corrected chi connectivity index (χ4v) is 4.08. The Morgan fingerprint density at radius 1 is 1.08 bits per heavy atom. The average molecular weight is 392 g/mol. The lowest BCUT2D eigenvalue weighted by Gasteiger charge is -2.21. The third-order valence-electron chi connectivity index (χ3n) is 4.39. The third kappa shape index (κ3) is 5.06. The molecule has 0 unspecified atom stereocenters. The number of amides is 2. The predicted octanol–water partition coefficient (Wildman–Crippen LogP) is 2.87. The zero-order valence-corrected chi connectivity index (χ0v) is 16.1. The maximum atomic E-state index is 12.6. The number of hydrogen-bond acceptors (Lipinski definition) is 4. The van der Waals surface area contributed by atoms with Gasteiger partial charge in [0.15, 0.2) is 0 Å². The Morgan fingerprint density at radius 2 is 1.88 bits per heavy atom. The molecule has 1 aromatic heterocycles. The minimum absolute atomic E-state index is 0.00920. The van der Waals surface area contributed by atoms with Crippen molar-refractivity contribution in [3.05, 3.63) is 57.2 Å². The van der Waals surface area contributed by atoms with Crippen LogP contribution >= 0.6 is 22.9 Å². The Kier molecular flexibility index (Phi) is 6.66. The summed E-state index contributed by atoms with van der Waals surface area (Å²) < 4.78 is 0. The molecule has 1 aromatic carbocycles. The number of nitrogens with one attached hydrogen (secondary N) is 1. The normalized spacial score (nSPS) is 15.5. The summed E-state index contributed by atoms with van der Waals surface area (Å²) in [5, 5.41) is 5.30. The summed E-state index contributed by atoms with van der Waals surface area (Å²) in [4.78, 5) is 29.3. The van der Waals surface area contributed by atoms with Crippen molar-refractivity contribution in [2.45, 2.75) is 13.0 Å². The van der Waals surface area contributed by atoms with E-state index >= 15 is 0 Å². The van der Waals surface area contributed by atoms with E-state index in [4.69, 9.17) is 11.6 Å². The number of nitrogens with zero attached hydrogens (tertiary/aromatic N) is 2. The Bertz CT molecular complexity index is 750. The molecule has 0 spiro atoms. The Balaban J connectivity index is 1.47. The van der Waals surface area contributed by atoms with Crippen LogP contribution in [-0.2, 0) is 11.3 Å². The number of thiophene rings is 1. The highest BCUT2D eigenvalue weighted by molar-refractivity contribution is 7.12. The van der Waals surface area contributed by atoms with Gasteiger partial charge in [-0.25, -0.2) is 0 Å². The maximum absolute atomic E-state index is 12.6. The van der Waals surface area contributed by atoms with Gasteiger partial charge in [0.1, 0.15) is 4.88 Å². The van der Waals surface area contributed by atoms with Crippen LogP contribution in [0.15, 0.2) is 41.8 Å². The van der Waals surface area contributed by atoms with Crippen LogP contribution in [0.1, 0.15) is 21.7 Å². The van der Waals surface area contributed by atoms with Crippen LogP contribution in [0.4, 0.5) is 0 Å². The summed E-state index contributed by atoms with van der Waals surface area (Å²) in [6.07, 6.45) is 0.848. The number of benzene rings is 1. The largest absolute Gasteiger partial charge is 0.351 e. The van der Waals surface area contributed by atoms with Crippen molar-refractivity contribution in [2.24, 2.45) is 0 Å². The smallest absolute Gasteiger partial charge is 0.265 e. The van der Waals surface area contributed by atoms with Crippen LogP contribution < -0.4 is 5.32 Å². The molecule has 1 N–H and O–H groups in total. The standard InChI is InChI=1S/C19H22ClN3O2S/c20-16-7-12-26-18(16)19(25)23-9-4-8-22(10-11-23)14-17(24)21-13-15-5-2-1-3-6-15/h1-3,5-7,12H,4,8-11,13-14H2,(H,21,24). The van der Waals surface area contributed by atoms with Gasteiger partial charge in [0.2, 0.25) is 5.91 Å². The molecule has 0 bridgehead atoms. The van der Waals surface area contributed by atoms with Crippen LogP contribution in [0, 0.1) is 0 Å². The number of rotatable bonds is 5. The van der Waals surface area contributed by atoms with E-state index in [-0.39, 0.29) is 11.8 Å². The average Bonchev–Trinajstić information content (AvgIpc) is 2.94. The van der Waals surface area contributed by atoms with Crippen molar-refractivity contribution in [1.82, 2.24) is 15.1 Å². The highest BCUT2D eigenvalue weighted by Crippen LogP contribution is 2.24. The molecule has 1 fully saturated rings. The van der Waals surface area contributed by atoms with E-state index in [0.717, 1.165) is 18.5 Å². The number of hydrogen-bond donors (Lipinski definition) is 1. The molecule has 0 aliphatic carbocycles. The van der Waals surface area contributed by atoms with Gasteiger partial charge in [0, 0.05) is 32.7 Å². The van der Waals surface area contributed by atoms with Crippen LogP contribution in [0.5, 0.6) is 0 Å². The van der Waals surface area contributed by atoms with Gasteiger partial charge in [0.05, 0.1) is 11.6 Å². The monoisotopic (exact) mass is 391 g/mol. The SMILES string of the molecule is O=C(CN1CCCN(C(=O)c2sccc2Cl)CC1)NCc1ccccc1. The van der Waals surface area contributed by atoms with Gasteiger partial charge in [-0.3, -0.25) is 14.5 Å². The van der Waals surface area contributed by atoms with Crippen LogP contribution in [0.25, 0.3) is 0 Å². The first kappa shape index (κ1) is 18.9. The van der Waals surface area contributed by atoms with Gasteiger partial charge >= 0.3 is 0 Å². The molecule has 138 valence electrons. The van der Waals surface area contributed by atoms with E-state index in [0.29, 0.717) is 42.6 Å². The molecule has 26 heavy (non-hydrogen) atoms. The second-order valence-electron chi connectivity index (χ2n) is 6.28. The number of halogens is 1. The summed E-state index contributed by atoms with van der Waals surface area (Å²) >= 11 is 7.45. The quantitative estimate of drug-likeness (QED) is 0.852. The van der Waals surface area contributed by atoms with Crippen molar-refractivity contribution in [2.75, 3.05) is 32.7 Å². The molecule has 1 saturated heterocycles. The summed E-state index contributed by atoms with van der Waals surface area (Å²) in [6, 6.07) is 11.6. The highest BCUT2D eigenvalue weighted by Gasteiger charge is 2.23. The number of carbonyl (C=O) groups is 2. The molecular weight excluding hydrogens is 370 g/mol. The lowest BCUT2D eigenvalue weighted by molar-refractivity contribution is -0.122. The van der Waals surface area contributed by atoms with E-state index in [1.807, 2.05) is 40.6 Å². The third-order valence-corrected chi connectivity index (χ3v) is 5.72. The first-order valence-corrected chi connectivity index (χ1v) is 9.94. The molecule has 2 heterocycles. The zero-order chi connectivity index (χ0) is 18.4. The minimum Gasteiger partial charge on any atom is -0.351 e. The van der Waals surface area contributed by atoms with Crippen molar-refractivity contribution in [3.63, 3.8) is 0 Å². The Hall–Kier alpha value is -1.89. The topological polar surface area (TPSA) is 52.7 Å². The Morgan fingerprint density at radius 3 is 2.62 bits per heavy atom. The predicted molar refractivity (Wildman–Crippen MR) is 105 cm³/mol. The van der Waals surface area contributed by atoms with Gasteiger partial charge < -0.3 is 10.2 Å². The molecule has 5 nitrogen and oxygen atoms in total. The van der Waals surface area contributed by atoms with Crippen molar-refractivity contribution >= 4 is 34.8 Å². The summed E-state index contributed by atoms with van der Waals surface area (Å²) in [7, 11) is 0. The molecule has 3 rings (SSSR count).